The van der Waals surface area contributed by atoms with Gasteiger partial charge in [-0.2, -0.15) is 5.26 Å². The van der Waals surface area contributed by atoms with E-state index in [-0.39, 0.29) is 17.3 Å². The van der Waals surface area contributed by atoms with Crippen molar-refractivity contribution in [1.82, 2.24) is 9.97 Å². The van der Waals surface area contributed by atoms with Crippen molar-refractivity contribution in [3.05, 3.63) is 41.4 Å². The van der Waals surface area contributed by atoms with E-state index >= 15 is 0 Å². The fourth-order valence-corrected chi connectivity index (χ4v) is 4.11. The van der Waals surface area contributed by atoms with Crippen LogP contribution in [-0.2, 0) is 9.59 Å². The van der Waals surface area contributed by atoms with Crippen molar-refractivity contribution in [2.45, 2.75) is 25.9 Å². The van der Waals surface area contributed by atoms with Crippen molar-refractivity contribution < 1.29 is 9.59 Å². The summed E-state index contributed by atoms with van der Waals surface area (Å²) in [5.74, 6) is 0.0242. The van der Waals surface area contributed by atoms with Crippen molar-refractivity contribution in [3.63, 3.8) is 0 Å². The summed E-state index contributed by atoms with van der Waals surface area (Å²) in [5, 5.41) is 8.18. The summed E-state index contributed by atoms with van der Waals surface area (Å²) in [5.41, 5.74) is 0.579. The number of anilines is 1. The van der Waals surface area contributed by atoms with Crippen LogP contribution in [0.25, 0.3) is 0 Å². The van der Waals surface area contributed by atoms with E-state index in [9.17, 15) is 14.9 Å². The van der Waals surface area contributed by atoms with Crippen molar-refractivity contribution in [2.75, 3.05) is 11.4 Å². The third-order valence-corrected chi connectivity index (χ3v) is 5.29. The molecule has 6 nitrogen and oxygen atoms in total. The van der Waals surface area contributed by atoms with Gasteiger partial charge >= 0.3 is 0 Å². The molecule has 2 aliphatic rings. The van der Waals surface area contributed by atoms with Gasteiger partial charge < -0.3 is 0 Å². The number of aryl methyl sites for hydroxylation is 1. The molecule has 122 valence electrons. The fourth-order valence-electron chi connectivity index (χ4n) is 3.31. The molecule has 1 aromatic heterocycles. The summed E-state index contributed by atoms with van der Waals surface area (Å²) in [6.45, 7) is 5.66. The Hall–Kier alpha value is -2.38. The maximum atomic E-state index is 13.2. The van der Waals surface area contributed by atoms with Crippen molar-refractivity contribution >= 4 is 26.7 Å². The average molecular weight is 340 g/mol. The van der Waals surface area contributed by atoms with Crippen LogP contribution in [0.15, 0.2) is 35.7 Å². The molecule has 0 radical (unpaired) electrons. The van der Waals surface area contributed by atoms with Crippen molar-refractivity contribution in [2.24, 2.45) is 5.41 Å². The molecule has 1 aliphatic carbocycles. The Labute approximate surface area is 142 Å². The van der Waals surface area contributed by atoms with Gasteiger partial charge in [-0.05, 0) is 32.4 Å². The molecule has 0 N–H and O–H groups in total. The third-order valence-electron chi connectivity index (χ3n) is 4.57. The van der Waals surface area contributed by atoms with E-state index in [1.165, 1.54) is 12.4 Å². The second-order valence-electron chi connectivity index (χ2n) is 6.54. The zero-order valence-corrected chi connectivity index (χ0v) is 14.9. The molecule has 0 aromatic carbocycles. The molecule has 0 saturated heterocycles. The minimum atomic E-state index is -1.11. The van der Waals surface area contributed by atoms with Crippen LogP contribution < -0.4 is 4.90 Å². The van der Waals surface area contributed by atoms with Crippen LogP contribution in [0.5, 0.6) is 0 Å². The van der Waals surface area contributed by atoms with Gasteiger partial charge in [-0.15, -0.1) is 9.24 Å². The molecule has 3 rings (SSSR count). The number of aromatic nitrogens is 2. The molecule has 2 heterocycles. The van der Waals surface area contributed by atoms with E-state index in [2.05, 4.69) is 19.2 Å². The molecule has 0 saturated carbocycles. The van der Waals surface area contributed by atoms with Crippen LogP contribution in [0.4, 0.5) is 5.82 Å². The second kappa shape index (κ2) is 5.32. The zero-order valence-electron chi connectivity index (χ0n) is 13.7. The van der Waals surface area contributed by atoms with Gasteiger partial charge in [-0.3, -0.25) is 14.5 Å². The molecule has 2 atom stereocenters. The highest BCUT2D eigenvalue weighted by atomic mass is 31.0. The van der Waals surface area contributed by atoms with Crippen molar-refractivity contribution in [3.8, 4) is 6.07 Å². The minimum Gasteiger partial charge on any atom is -0.292 e. The molecule has 0 spiro atoms. The topological polar surface area (TPSA) is 87.0 Å². The first-order valence-corrected chi connectivity index (χ1v) is 8.08. The number of hydrogen-bond donors (Lipinski definition) is 0. The van der Waals surface area contributed by atoms with Crippen LogP contribution in [0.2, 0.25) is 0 Å². The van der Waals surface area contributed by atoms with E-state index in [0.717, 1.165) is 5.69 Å². The number of nitrogens with zero attached hydrogens (tertiary/aromatic N) is 4. The quantitative estimate of drug-likeness (QED) is 0.574. The maximum Gasteiger partial charge on any atom is 0.246 e. The number of rotatable bonds is 1. The largest absolute Gasteiger partial charge is 0.292 e. The predicted molar refractivity (Wildman–Crippen MR) is 92.1 cm³/mol. The number of nitriles is 1. The zero-order chi connectivity index (χ0) is 17.7. The lowest BCUT2D eigenvalue weighted by atomic mass is 9.66. The Morgan fingerprint density at radius 1 is 1.33 bits per heavy atom. The van der Waals surface area contributed by atoms with Crippen LogP contribution in [-0.4, -0.2) is 33.4 Å². The van der Waals surface area contributed by atoms with E-state index in [4.69, 9.17) is 0 Å². The van der Waals surface area contributed by atoms with E-state index in [1.807, 2.05) is 19.1 Å². The minimum absolute atomic E-state index is 0.0150. The number of hydrogen-bond acceptors (Lipinski definition) is 5. The summed E-state index contributed by atoms with van der Waals surface area (Å²) in [6.07, 6.45) is 4.76. The Bertz CT molecular complexity index is 866. The SMILES string of the molecule is Cc1cc(N2CC=C3C(C)(C)C(=O)C(C#N)=C[C@@]3(P)C2=O)ncn1. The Kier molecular flexibility index (Phi) is 3.65. The highest BCUT2D eigenvalue weighted by Gasteiger charge is 2.53. The van der Waals surface area contributed by atoms with Gasteiger partial charge in [0.05, 0.1) is 11.0 Å². The lowest BCUT2D eigenvalue weighted by Crippen LogP contribution is -2.55. The monoisotopic (exact) mass is 340 g/mol. The van der Waals surface area contributed by atoms with Gasteiger partial charge in [0, 0.05) is 18.3 Å². The summed E-state index contributed by atoms with van der Waals surface area (Å²) >= 11 is 0. The Morgan fingerprint density at radius 3 is 2.67 bits per heavy atom. The van der Waals surface area contributed by atoms with Crippen molar-refractivity contribution in [1.29, 1.82) is 5.26 Å². The molecule has 0 bridgehead atoms. The molecule has 24 heavy (non-hydrogen) atoms. The van der Waals surface area contributed by atoms with Crippen LogP contribution >= 0.6 is 9.24 Å². The van der Waals surface area contributed by atoms with Gasteiger partial charge in [0.2, 0.25) is 5.91 Å². The van der Waals surface area contributed by atoms with Gasteiger partial charge in [-0.25, -0.2) is 9.97 Å². The van der Waals surface area contributed by atoms with Crippen LogP contribution in [0.1, 0.15) is 19.5 Å². The molecule has 1 aromatic rings. The summed E-state index contributed by atoms with van der Waals surface area (Å²) < 4.78 is 0. The fraction of sp³-hybridized carbons (Fsp3) is 0.353. The summed E-state index contributed by atoms with van der Waals surface area (Å²) in [7, 11) is 2.53. The lowest BCUT2D eigenvalue weighted by molar-refractivity contribution is -0.123. The van der Waals surface area contributed by atoms with Gasteiger partial charge in [0.1, 0.15) is 23.4 Å². The van der Waals surface area contributed by atoms with Gasteiger partial charge in [0.25, 0.3) is 0 Å². The first-order valence-electron chi connectivity index (χ1n) is 7.50. The second-order valence-corrected chi connectivity index (χ2v) is 7.45. The third kappa shape index (κ3) is 2.20. The van der Waals surface area contributed by atoms with E-state index in [0.29, 0.717) is 17.9 Å². The number of carbonyl (C=O) groups excluding carboxylic acids is 2. The molecule has 1 unspecified atom stereocenters. The van der Waals surface area contributed by atoms with E-state index < -0.39 is 10.6 Å². The number of amides is 1. The van der Waals surface area contributed by atoms with Crippen LogP contribution in [0.3, 0.4) is 0 Å². The summed E-state index contributed by atoms with van der Waals surface area (Å²) in [4.78, 5) is 35.4. The number of allylic oxidation sites excluding steroid dienone is 1. The molecule has 7 heteroatoms. The molecule has 1 amide bonds. The van der Waals surface area contributed by atoms with Crippen LogP contribution in [0, 0.1) is 23.7 Å². The number of Topliss-reactive ketones (excluding diaryl/α,β-unsaturated/α-hetero) is 1. The molecule has 0 fully saturated rings. The molecule has 1 aliphatic heterocycles. The average Bonchev–Trinajstić information content (AvgIpc) is 2.53. The first kappa shape index (κ1) is 16.5. The molecular weight excluding hydrogens is 323 g/mol. The number of ketones is 1. The van der Waals surface area contributed by atoms with Gasteiger partial charge in [0.15, 0.2) is 5.78 Å². The molecular formula is C17H17N4O2P. The standard InChI is InChI=1S/C17H17N4O2P/c1-10-6-13(20-9-19-10)21-5-4-12-16(2,3)14(22)11(8-18)7-17(12,24)15(21)23/h4,6-7,9H,5,24H2,1-3H3/t17-/m0/s1. The number of carbonyl (C=O) groups is 2. The highest BCUT2D eigenvalue weighted by molar-refractivity contribution is 7.22. The smallest absolute Gasteiger partial charge is 0.246 e. The lowest BCUT2D eigenvalue weighted by Gasteiger charge is -2.45. The Balaban J connectivity index is 2.16. The normalized spacial score (nSPS) is 25.5. The van der Waals surface area contributed by atoms with E-state index in [1.54, 1.807) is 24.8 Å². The first-order chi connectivity index (χ1) is 11.2. The number of fused-ring (bicyclic) bond motifs is 1. The predicted octanol–water partition coefficient (Wildman–Crippen LogP) is 1.73. The maximum absolute atomic E-state index is 13.2. The van der Waals surface area contributed by atoms with Gasteiger partial charge in [-0.1, -0.05) is 6.08 Å². The summed E-state index contributed by atoms with van der Waals surface area (Å²) in [6, 6.07) is 3.66. The highest BCUT2D eigenvalue weighted by Crippen LogP contribution is 2.50. The Morgan fingerprint density at radius 2 is 2.04 bits per heavy atom.